The highest BCUT2D eigenvalue weighted by Crippen LogP contribution is 2.24. The molecular weight excluding hydrogens is 250 g/mol. The average molecular weight is 264 g/mol. The monoisotopic (exact) mass is 263 g/mol. The van der Waals surface area contributed by atoms with E-state index in [9.17, 15) is 0 Å². The van der Waals surface area contributed by atoms with Crippen LogP contribution in [0.1, 0.15) is 11.4 Å². The van der Waals surface area contributed by atoms with Crippen LogP contribution in [-0.4, -0.2) is 9.97 Å². The second kappa shape index (κ2) is 5.20. The summed E-state index contributed by atoms with van der Waals surface area (Å²) in [5.74, 6) is 7.36. The zero-order valence-corrected chi connectivity index (χ0v) is 10.9. The van der Waals surface area contributed by atoms with E-state index >= 15 is 0 Å². The summed E-state index contributed by atoms with van der Waals surface area (Å²) in [6.45, 7) is 3.70. The lowest BCUT2D eigenvalue weighted by Gasteiger charge is -2.12. The zero-order valence-electron chi connectivity index (χ0n) is 10.2. The van der Waals surface area contributed by atoms with Crippen molar-refractivity contribution in [3.63, 3.8) is 0 Å². The SMILES string of the molecule is Cc1nc(NN)c(C)c(Nc2cccc(Cl)c2)n1. The summed E-state index contributed by atoms with van der Waals surface area (Å²) in [4.78, 5) is 8.54. The van der Waals surface area contributed by atoms with Crippen molar-refractivity contribution < 1.29 is 0 Å². The fourth-order valence-corrected chi connectivity index (χ4v) is 1.78. The number of anilines is 3. The first-order valence-corrected chi connectivity index (χ1v) is 5.82. The molecule has 0 fully saturated rings. The molecule has 0 saturated heterocycles. The largest absolute Gasteiger partial charge is 0.340 e. The third-order valence-corrected chi connectivity index (χ3v) is 2.72. The predicted octanol–water partition coefficient (Wildman–Crippen LogP) is 2.78. The lowest BCUT2D eigenvalue weighted by atomic mass is 10.2. The first-order valence-electron chi connectivity index (χ1n) is 5.44. The van der Waals surface area contributed by atoms with Crippen molar-refractivity contribution in [2.24, 2.45) is 5.84 Å². The molecule has 6 heteroatoms. The van der Waals surface area contributed by atoms with Crippen molar-refractivity contribution in [2.75, 3.05) is 10.7 Å². The Morgan fingerprint density at radius 3 is 2.56 bits per heavy atom. The number of halogens is 1. The number of hydrogen-bond donors (Lipinski definition) is 3. The molecule has 18 heavy (non-hydrogen) atoms. The zero-order chi connectivity index (χ0) is 13.1. The molecule has 0 radical (unpaired) electrons. The van der Waals surface area contributed by atoms with E-state index in [-0.39, 0.29) is 0 Å². The van der Waals surface area contributed by atoms with Gasteiger partial charge in [0.2, 0.25) is 0 Å². The van der Waals surface area contributed by atoms with Crippen LogP contribution in [0, 0.1) is 13.8 Å². The highest BCUT2D eigenvalue weighted by Gasteiger charge is 2.08. The van der Waals surface area contributed by atoms with Gasteiger partial charge in [0.15, 0.2) is 0 Å². The number of nitrogens with one attached hydrogen (secondary N) is 2. The van der Waals surface area contributed by atoms with Crippen molar-refractivity contribution >= 4 is 28.9 Å². The molecule has 0 spiro atoms. The molecule has 0 unspecified atom stereocenters. The Morgan fingerprint density at radius 1 is 1.17 bits per heavy atom. The first-order chi connectivity index (χ1) is 8.60. The van der Waals surface area contributed by atoms with Gasteiger partial charge in [-0.25, -0.2) is 15.8 Å². The molecule has 0 aliphatic heterocycles. The highest BCUT2D eigenvalue weighted by molar-refractivity contribution is 6.30. The summed E-state index contributed by atoms with van der Waals surface area (Å²) < 4.78 is 0. The first kappa shape index (κ1) is 12.6. The highest BCUT2D eigenvalue weighted by atomic mass is 35.5. The van der Waals surface area contributed by atoms with Crippen LogP contribution in [0.3, 0.4) is 0 Å². The fraction of sp³-hybridized carbons (Fsp3) is 0.167. The number of benzene rings is 1. The number of nitrogens with two attached hydrogens (primary N) is 1. The smallest absolute Gasteiger partial charge is 0.148 e. The topological polar surface area (TPSA) is 75.9 Å². The van der Waals surface area contributed by atoms with Crippen molar-refractivity contribution in [3.05, 3.63) is 40.7 Å². The third kappa shape index (κ3) is 2.69. The average Bonchev–Trinajstić information content (AvgIpc) is 2.33. The van der Waals surface area contributed by atoms with Crippen molar-refractivity contribution in [1.29, 1.82) is 0 Å². The molecular formula is C12H14ClN5. The van der Waals surface area contributed by atoms with E-state index in [1.807, 2.05) is 38.1 Å². The van der Waals surface area contributed by atoms with E-state index in [0.717, 1.165) is 11.3 Å². The summed E-state index contributed by atoms with van der Waals surface area (Å²) >= 11 is 5.94. The number of nitrogens with zero attached hydrogens (tertiary/aromatic N) is 2. The minimum atomic E-state index is 0.604. The number of nitrogen functional groups attached to an aromatic ring is 1. The fourth-order valence-electron chi connectivity index (χ4n) is 1.59. The Kier molecular flexibility index (Phi) is 3.64. The number of aryl methyl sites for hydroxylation is 1. The number of hydrazine groups is 1. The Bertz CT molecular complexity index is 570. The van der Waals surface area contributed by atoms with Crippen LogP contribution < -0.4 is 16.6 Å². The Balaban J connectivity index is 2.37. The molecule has 0 saturated carbocycles. The van der Waals surface area contributed by atoms with Gasteiger partial charge in [-0.2, -0.15) is 0 Å². The van der Waals surface area contributed by atoms with Crippen molar-refractivity contribution in [1.82, 2.24) is 9.97 Å². The van der Waals surface area contributed by atoms with Crippen LogP contribution in [0.2, 0.25) is 5.02 Å². The van der Waals surface area contributed by atoms with E-state index in [4.69, 9.17) is 17.4 Å². The summed E-state index contributed by atoms with van der Waals surface area (Å²) in [5.41, 5.74) is 4.27. The number of aromatic nitrogens is 2. The molecule has 1 heterocycles. The van der Waals surface area contributed by atoms with E-state index in [2.05, 4.69) is 20.7 Å². The summed E-state index contributed by atoms with van der Waals surface area (Å²) in [6.07, 6.45) is 0. The molecule has 4 N–H and O–H groups in total. The van der Waals surface area contributed by atoms with Crippen LogP contribution in [0.4, 0.5) is 17.3 Å². The predicted molar refractivity (Wildman–Crippen MR) is 74.1 cm³/mol. The molecule has 94 valence electrons. The van der Waals surface area contributed by atoms with Gasteiger partial charge < -0.3 is 10.7 Å². The van der Waals surface area contributed by atoms with Gasteiger partial charge in [0.1, 0.15) is 17.5 Å². The lowest BCUT2D eigenvalue weighted by molar-refractivity contribution is 1.03. The maximum Gasteiger partial charge on any atom is 0.148 e. The molecule has 0 bridgehead atoms. The van der Waals surface area contributed by atoms with E-state index in [1.165, 1.54) is 0 Å². The molecule has 0 aliphatic rings. The minimum Gasteiger partial charge on any atom is -0.340 e. The van der Waals surface area contributed by atoms with Gasteiger partial charge in [-0.1, -0.05) is 17.7 Å². The lowest BCUT2D eigenvalue weighted by Crippen LogP contribution is -2.13. The summed E-state index contributed by atoms with van der Waals surface area (Å²) in [7, 11) is 0. The standard InChI is InChI=1S/C12H14ClN5/c1-7-11(15-8(2)16-12(7)18-14)17-10-5-3-4-9(13)6-10/h3-6H,14H2,1-2H3,(H2,15,16,17,18). The number of hydrogen-bond acceptors (Lipinski definition) is 5. The molecule has 1 aromatic heterocycles. The summed E-state index contributed by atoms with van der Waals surface area (Å²) in [5, 5.41) is 3.86. The molecule has 0 aliphatic carbocycles. The second-order valence-corrected chi connectivity index (χ2v) is 4.31. The quantitative estimate of drug-likeness (QED) is 0.586. The van der Waals surface area contributed by atoms with E-state index in [0.29, 0.717) is 22.5 Å². The second-order valence-electron chi connectivity index (χ2n) is 3.87. The Labute approximate surface area is 110 Å². The Hall–Kier alpha value is -1.85. The van der Waals surface area contributed by atoms with Crippen LogP contribution in [0.15, 0.2) is 24.3 Å². The Morgan fingerprint density at radius 2 is 1.89 bits per heavy atom. The van der Waals surface area contributed by atoms with Crippen LogP contribution in [-0.2, 0) is 0 Å². The van der Waals surface area contributed by atoms with E-state index in [1.54, 1.807) is 0 Å². The van der Waals surface area contributed by atoms with Gasteiger partial charge in [-0.05, 0) is 32.0 Å². The van der Waals surface area contributed by atoms with E-state index < -0.39 is 0 Å². The van der Waals surface area contributed by atoms with Gasteiger partial charge in [0, 0.05) is 16.3 Å². The van der Waals surface area contributed by atoms with Crippen molar-refractivity contribution in [2.45, 2.75) is 13.8 Å². The molecule has 2 aromatic rings. The molecule has 0 atom stereocenters. The van der Waals surface area contributed by atoms with Gasteiger partial charge in [-0.3, -0.25) is 0 Å². The van der Waals surface area contributed by atoms with Crippen molar-refractivity contribution in [3.8, 4) is 0 Å². The molecule has 2 rings (SSSR count). The molecule has 0 amide bonds. The number of rotatable bonds is 3. The maximum atomic E-state index is 5.94. The minimum absolute atomic E-state index is 0.604. The van der Waals surface area contributed by atoms with Crippen LogP contribution in [0.25, 0.3) is 0 Å². The van der Waals surface area contributed by atoms with Crippen LogP contribution >= 0.6 is 11.6 Å². The van der Waals surface area contributed by atoms with Gasteiger partial charge in [0.05, 0.1) is 0 Å². The molecule has 1 aromatic carbocycles. The molecule has 5 nitrogen and oxygen atoms in total. The normalized spacial score (nSPS) is 10.2. The van der Waals surface area contributed by atoms with Crippen LogP contribution in [0.5, 0.6) is 0 Å². The summed E-state index contributed by atoms with van der Waals surface area (Å²) in [6, 6.07) is 7.43. The van der Waals surface area contributed by atoms with Gasteiger partial charge in [0.25, 0.3) is 0 Å². The van der Waals surface area contributed by atoms with Gasteiger partial charge >= 0.3 is 0 Å². The van der Waals surface area contributed by atoms with Gasteiger partial charge in [-0.15, -0.1) is 0 Å². The third-order valence-electron chi connectivity index (χ3n) is 2.48. The maximum absolute atomic E-state index is 5.94.